The highest BCUT2D eigenvalue weighted by Crippen LogP contribution is 2.40. The Labute approximate surface area is 243 Å². The third-order valence-electron chi connectivity index (χ3n) is 7.28. The van der Waals surface area contributed by atoms with Gasteiger partial charge in [-0.1, -0.05) is 47.5 Å². The molecule has 1 saturated heterocycles. The number of amides is 2. The maximum Gasteiger partial charge on any atom is 0.266 e. The number of halogens is 2. The fourth-order valence-electron chi connectivity index (χ4n) is 5.18. The number of pyridine rings is 1. The van der Waals surface area contributed by atoms with Crippen molar-refractivity contribution in [3.05, 3.63) is 76.9 Å². The van der Waals surface area contributed by atoms with Crippen LogP contribution in [0.2, 0.25) is 10.0 Å². The lowest BCUT2D eigenvalue weighted by Crippen LogP contribution is -2.52. The number of hydrogen-bond acceptors (Lipinski definition) is 6. The molecule has 2 aliphatic rings. The van der Waals surface area contributed by atoms with Crippen molar-refractivity contribution in [1.29, 1.82) is 0 Å². The molecule has 0 aliphatic carbocycles. The number of nitrogens with zero attached hydrogens (tertiary/aromatic N) is 3. The van der Waals surface area contributed by atoms with Crippen molar-refractivity contribution in [2.24, 2.45) is 5.92 Å². The van der Waals surface area contributed by atoms with Crippen molar-refractivity contribution < 1.29 is 18.0 Å². The molecular weight excluding hydrogens is 573 g/mol. The van der Waals surface area contributed by atoms with Gasteiger partial charge in [-0.15, -0.1) is 0 Å². The van der Waals surface area contributed by atoms with E-state index in [9.17, 15) is 18.0 Å². The number of para-hydroxylation sites is 2. The number of aromatic nitrogens is 1. The van der Waals surface area contributed by atoms with Crippen molar-refractivity contribution in [2.75, 3.05) is 34.2 Å². The zero-order chi connectivity index (χ0) is 28.3. The lowest BCUT2D eigenvalue weighted by atomic mass is 9.93. The maximum absolute atomic E-state index is 13.9. The largest absolute Gasteiger partial charge is 0.357 e. The van der Waals surface area contributed by atoms with Crippen molar-refractivity contribution in [3.63, 3.8) is 0 Å². The van der Waals surface area contributed by atoms with Crippen molar-refractivity contribution in [1.82, 2.24) is 10.3 Å². The van der Waals surface area contributed by atoms with E-state index in [-0.39, 0.29) is 27.0 Å². The number of nitrogens with one attached hydrogen (secondary N) is 2. The molecule has 40 heavy (non-hydrogen) atoms. The monoisotopic (exact) mass is 601 g/mol. The minimum Gasteiger partial charge on any atom is -0.357 e. The van der Waals surface area contributed by atoms with Gasteiger partial charge in [-0.2, -0.15) is 0 Å². The summed E-state index contributed by atoms with van der Waals surface area (Å²) in [5, 5.41) is 5.53. The van der Waals surface area contributed by atoms with E-state index in [1.165, 1.54) is 18.2 Å². The standard InChI is InChI=1S/C28H29Cl2N5O4S/c29-20-6-5-9-24(27(20)30)40(38,39)35-22-8-2-1-7-21(22)33-28(37)23(35)18-26(36)32-15-11-19-12-16-34(17-13-19)25-10-3-4-14-31-25/h1-10,14,19,23H,11-13,15-18H2,(H,32,36)(H,33,37)/t23-/m1/s1. The van der Waals surface area contributed by atoms with E-state index in [1.54, 1.807) is 30.5 Å². The molecule has 1 aromatic heterocycles. The summed E-state index contributed by atoms with van der Waals surface area (Å²) in [5.74, 6) is 0.410. The molecule has 9 nitrogen and oxygen atoms in total. The van der Waals surface area contributed by atoms with E-state index in [0.29, 0.717) is 18.2 Å². The zero-order valence-electron chi connectivity index (χ0n) is 21.6. The Hall–Kier alpha value is -3.34. The zero-order valence-corrected chi connectivity index (χ0v) is 23.9. The minimum absolute atomic E-state index is 0.0673. The molecule has 3 heterocycles. The molecule has 0 bridgehead atoms. The van der Waals surface area contributed by atoms with Gasteiger partial charge in [0, 0.05) is 25.8 Å². The molecule has 1 atom stereocenters. The van der Waals surface area contributed by atoms with Gasteiger partial charge in [0.25, 0.3) is 10.0 Å². The average Bonchev–Trinajstić information content (AvgIpc) is 2.95. The van der Waals surface area contributed by atoms with Crippen LogP contribution in [0.25, 0.3) is 0 Å². The molecule has 2 amide bonds. The number of rotatable bonds is 8. The van der Waals surface area contributed by atoms with Gasteiger partial charge in [-0.05, 0) is 61.6 Å². The molecule has 2 aromatic carbocycles. The summed E-state index contributed by atoms with van der Waals surface area (Å²) in [6.07, 6.45) is 4.21. The quantitative estimate of drug-likeness (QED) is 0.386. The molecule has 0 radical (unpaired) electrons. The van der Waals surface area contributed by atoms with Gasteiger partial charge in [0.1, 0.15) is 16.8 Å². The molecule has 0 spiro atoms. The van der Waals surface area contributed by atoms with Gasteiger partial charge in [0.05, 0.1) is 27.8 Å². The topological polar surface area (TPSA) is 112 Å². The second-order valence-electron chi connectivity index (χ2n) is 9.84. The highest BCUT2D eigenvalue weighted by molar-refractivity contribution is 7.93. The van der Waals surface area contributed by atoms with Crippen molar-refractivity contribution in [2.45, 2.75) is 36.6 Å². The number of piperidine rings is 1. The Kier molecular flexibility index (Phi) is 8.48. The van der Waals surface area contributed by atoms with Gasteiger partial charge < -0.3 is 15.5 Å². The average molecular weight is 603 g/mol. The smallest absolute Gasteiger partial charge is 0.266 e. The van der Waals surface area contributed by atoms with E-state index in [2.05, 4.69) is 20.5 Å². The van der Waals surface area contributed by atoms with Crippen LogP contribution in [-0.4, -0.2) is 50.9 Å². The van der Waals surface area contributed by atoms with Crippen LogP contribution >= 0.6 is 23.2 Å². The first-order valence-corrected chi connectivity index (χ1v) is 15.3. The molecular formula is C28H29Cl2N5O4S. The summed E-state index contributed by atoms with van der Waals surface area (Å²) in [7, 11) is -4.36. The molecule has 1 fully saturated rings. The first kappa shape index (κ1) is 28.2. The molecule has 5 rings (SSSR count). The second kappa shape index (κ2) is 12.0. The summed E-state index contributed by atoms with van der Waals surface area (Å²) in [4.78, 5) is 32.6. The second-order valence-corrected chi connectivity index (χ2v) is 12.4. The maximum atomic E-state index is 13.9. The lowest BCUT2D eigenvalue weighted by Gasteiger charge is -2.37. The van der Waals surface area contributed by atoms with Crippen LogP contribution in [-0.2, 0) is 19.6 Å². The molecule has 210 valence electrons. The van der Waals surface area contributed by atoms with E-state index >= 15 is 0 Å². The van der Waals surface area contributed by atoms with Gasteiger partial charge in [0.2, 0.25) is 11.8 Å². The Morgan fingerprint density at radius 2 is 1.77 bits per heavy atom. The van der Waals surface area contributed by atoms with E-state index in [0.717, 1.165) is 42.5 Å². The molecule has 3 aromatic rings. The van der Waals surface area contributed by atoms with Crippen LogP contribution < -0.4 is 19.8 Å². The van der Waals surface area contributed by atoms with Crippen LogP contribution in [0.3, 0.4) is 0 Å². The number of carbonyl (C=O) groups excluding carboxylic acids is 2. The molecule has 0 saturated carbocycles. The van der Waals surface area contributed by atoms with E-state index in [1.807, 2.05) is 18.2 Å². The van der Waals surface area contributed by atoms with Crippen LogP contribution in [0.4, 0.5) is 17.2 Å². The number of anilines is 3. The third-order valence-corrected chi connectivity index (χ3v) is 10.1. The van der Waals surface area contributed by atoms with E-state index in [4.69, 9.17) is 23.2 Å². The summed E-state index contributed by atoms with van der Waals surface area (Å²) >= 11 is 12.4. The fraction of sp³-hybridized carbons (Fsp3) is 0.321. The number of hydrogen-bond donors (Lipinski definition) is 2. The van der Waals surface area contributed by atoms with Crippen LogP contribution in [0.15, 0.2) is 71.8 Å². The van der Waals surface area contributed by atoms with Crippen molar-refractivity contribution in [3.8, 4) is 0 Å². The molecule has 2 aliphatic heterocycles. The molecule has 12 heteroatoms. The number of benzene rings is 2. The highest BCUT2D eigenvalue weighted by atomic mass is 35.5. The van der Waals surface area contributed by atoms with Gasteiger partial charge >= 0.3 is 0 Å². The minimum atomic E-state index is -4.36. The summed E-state index contributed by atoms with van der Waals surface area (Å²) in [6.45, 7) is 2.23. The Balaban J connectivity index is 1.25. The lowest BCUT2D eigenvalue weighted by molar-refractivity contribution is -0.125. The first-order valence-electron chi connectivity index (χ1n) is 13.1. The Morgan fingerprint density at radius 1 is 1.02 bits per heavy atom. The number of sulfonamides is 1. The van der Waals surface area contributed by atoms with Crippen LogP contribution in [0.1, 0.15) is 25.7 Å². The SMILES string of the molecule is O=C(C[C@@H]1C(=O)Nc2ccccc2N1S(=O)(=O)c1cccc(Cl)c1Cl)NCCC1CCN(c2ccccn2)CC1. The Morgan fingerprint density at radius 3 is 2.52 bits per heavy atom. The summed E-state index contributed by atoms with van der Waals surface area (Å²) in [6, 6.07) is 15.4. The highest BCUT2D eigenvalue weighted by Gasteiger charge is 2.42. The predicted octanol–water partition coefficient (Wildman–Crippen LogP) is 4.72. The van der Waals surface area contributed by atoms with Crippen LogP contribution in [0.5, 0.6) is 0 Å². The summed E-state index contributed by atoms with van der Waals surface area (Å²) < 4.78 is 28.7. The fourth-order valence-corrected chi connectivity index (χ4v) is 7.55. The molecule has 2 N–H and O–H groups in total. The van der Waals surface area contributed by atoms with Crippen LogP contribution in [0, 0.1) is 5.92 Å². The Bertz CT molecular complexity index is 1500. The molecule has 0 unspecified atom stereocenters. The first-order chi connectivity index (χ1) is 19.3. The van der Waals surface area contributed by atoms with Gasteiger partial charge in [0.15, 0.2) is 0 Å². The van der Waals surface area contributed by atoms with E-state index < -0.39 is 27.9 Å². The van der Waals surface area contributed by atoms with Gasteiger partial charge in [-0.25, -0.2) is 13.4 Å². The third kappa shape index (κ3) is 5.89. The van der Waals surface area contributed by atoms with Crippen molar-refractivity contribution >= 4 is 62.2 Å². The normalized spacial score (nSPS) is 17.8. The van der Waals surface area contributed by atoms with Gasteiger partial charge in [-0.3, -0.25) is 13.9 Å². The predicted molar refractivity (Wildman–Crippen MR) is 156 cm³/mol. The summed E-state index contributed by atoms with van der Waals surface area (Å²) in [5.41, 5.74) is 0.568. The number of carbonyl (C=O) groups is 2. The number of fused-ring (bicyclic) bond motifs is 1.